The van der Waals surface area contributed by atoms with Crippen molar-refractivity contribution in [3.63, 3.8) is 0 Å². The summed E-state index contributed by atoms with van der Waals surface area (Å²) < 4.78 is 15.2. The number of halogens is 1. The average Bonchev–Trinajstić information content (AvgIpc) is 3.08. The molecule has 1 aromatic heterocycles. The van der Waals surface area contributed by atoms with Gasteiger partial charge < -0.3 is 9.88 Å². The lowest BCUT2D eigenvalue weighted by Gasteiger charge is -2.16. The van der Waals surface area contributed by atoms with Crippen LogP contribution in [0.3, 0.4) is 0 Å². The number of nitrogens with zero attached hydrogens (tertiary/aromatic N) is 2. The lowest BCUT2D eigenvalue weighted by atomic mass is 10.2. The van der Waals surface area contributed by atoms with Gasteiger partial charge in [-0.1, -0.05) is 42.5 Å². The summed E-state index contributed by atoms with van der Waals surface area (Å²) in [6.07, 6.45) is 0. The molecular weight excluding hydrogens is 353 g/mol. The van der Waals surface area contributed by atoms with Crippen LogP contribution in [-0.4, -0.2) is 15.5 Å². The molecule has 5 heteroatoms. The highest BCUT2D eigenvalue weighted by Crippen LogP contribution is 2.22. The van der Waals surface area contributed by atoms with E-state index >= 15 is 0 Å². The molecule has 0 saturated heterocycles. The van der Waals surface area contributed by atoms with Crippen LogP contribution in [0.1, 0.15) is 34.7 Å². The smallest absolute Gasteiger partial charge is 0.251 e. The number of fused-ring (bicyclic) bond motifs is 1. The van der Waals surface area contributed by atoms with Crippen molar-refractivity contribution >= 4 is 16.9 Å². The Bertz CT molecular complexity index is 1100. The summed E-state index contributed by atoms with van der Waals surface area (Å²) >= 11 is 0. The minimum absolute atomic E-state index is 0.259. The first kappa shape index (κ1) is 17.9. The molecule has 4 aromatic rings. The fraction of sp³-hybridized carbons (Fsp3) is 0.130. The zero-order valence-electron chi connectivity index (χ0n) is 15.5. The minimum Gasteiger partial charge on any atom is -0.342 e. The van der Waals surface area contributed by atoms with Crippen LogP contribution in [0.2, 0.25) is 0 Å². The van der Waals surface area contributed by atoms with E-state index in [0.29, 0.717) is 12.1 Å². The number of aromatic nitrogens is 2. The summed E-state index contributed by atoms with van der Waals surface area (Å²) in [5, 5.41) is 2.97. The van der Waals surface area contributed by atoms with E-state index in [1.165, 1.54) is 24.3 Å². The van der Waals surface area contributed by atoms with E-state index in [1.807, 2.05) is 49.4 Å². The highest BCUT2D eigenvalue weighted by atomic mass is 19.1. The molecule has 0 spiro atoms. The largest absolute Gasteiger partial charge is 0.342 e. The Hall–Kier alpha value is -3.47. The first-order chi connectivity index (χ1) is 13.6. The fourth-order valence-corrected chi connectivity index (χ4v) is 3.30. The molecule has 1 atom stereocenters. The van der Waals surface area contributed by atoms with Crippen molar-refractivity contribution in [3.05, 3.63) is 102 Å². The number of rotatable bonds is 5. The molecule has 0 radical (unpaired) electrons. The van der Waals surface area contributed by atoms with Crippen LogP contribution in [0.15, 0.2) is 78.9 Å². The number of imidazole rings is 1. The second-order valence-corrected chi connectivity index (χ2v) is 6.73. The molecule has 0 fully saturated rings. The van der Waals surface area contributed by atoms with E-state index in [0.717, 1.165) is 22.4 Å². The van der Waals surface area contributed by atoms with Gasteiger partial charge in [0.2, 0.25) is 0 Å². The molecule has 140 valence electrons. The van der Waals surface area contributed by atoms with Gasteiger partial charge in [-0.25, -0.2) is 9.37 Å². The zero-order chi connectivity index (χ0) is 19.5. The molecule has 0 saturated carbocycles. The van der Waals surface area contributed by atoms with E-state index < -0.39 is 0 Å². The van der Waals surface area contributed by atoms with Crippen molar-refractivity contribution in [2.45, 2.75) is 19.5 Å². The molecule has 0 aliphatic rings. The third kappa shape index (κ3) is 3.64. The van der Waals surface area contributed by atoms with E-state index in [-0.39, 0.29) is 17.8 Å². The van der Waals surface area contributed by atoms with Gasteiger partial charge in [-0.3, -0.25) is 4.79 Å². The highest BCUT2D eigenvalue weighted by Gasteiger charge is 2.19. The lowest BCUT2D eigenvalue weighted by Crippen LogP contribution is -2.28. The van der Waals surface area contributed by atoms with Crippen LogP contribution in [0.5, 0.6) is 0 Å². The molecular formula is C23H20FN3O. The number of hydrogen-bond donors (Lipinski definition) is 1. The summed E-state index contributed by atoms with van der Waals surface area (Å²) in [4.78, 5) is 17.3. The maximum absolute atomic E-state index is 13.1. The molecule has 0 unspecified atom stereocenters. The number of carbonyl (C=O) groups is 1. The van der Waals surface area contributed by atoms with Gasteiger partial charge in [0.1, 0.15) is 11.6 Å². The maximum atomic E-state index is 13.1. The van der Waals surface area contributed by atoms with E-state index in [1.54, 1.807) is 0 Å². The molecule has 0 aliphatic heterocycles. The second kappa shape index (κ2) is 7.64. The summed E-state index contributed by atoms with van der Waals surface area (Å²) in [7, 11) is 0. The molecule has 3 aromatic carbocycles. The average molecular weight is 373 g/mol. The summed E-state index contributed by atoms with van der Waals surface area (Å²) in [6.45, 7) is 2.57. The Balaban J connectivity index is 1.66. The number of para-hydroxylation sites is 2. The van der Waals surface area contributed by atoms with Crippen LogP contribution >= 0.6 is 0 Å². The van der Waals surface area contributed by atoms with Gasteiger partial charge in [0.15, 0.2) is 0 Å². The molecule has 1 heterocycles. The third-order valence-corrected chi connectivity index (χ3v) is 4.71. The van der Waals surface area contributed by atoms with Gasteiger partial charge >= 0.3 is 0 Å². The topological polar surface area (TPSA) is 46.9 Å². The van der Waals surface area contributed by atoms with Crippen LogP contribution in [0, 0.1) is 5.82 Å². The van der Waals surface area contributed by atoms with E-state index in [4.69, 9.17) is 4.98 Å². The maximum Gasteiger partial charge on any atom is 0.251 e. The van der Waals surface area contributed by atoms with Crippen LogP contribution in [0.25, 0.3) is 11.0 Å². The predicted octanol–water partition coefficient (Wildman–Crippen LogP) is 4.71. The normalized spacial score (nSPS) is 12.1. The van der Waals surface area contributed by atoms with Crippen LogP contribution in [0.4, 0.5) is 4.39 Å². The number of amides is 1. The van der Waals surface area contributed by atoms with Crippen molar-refractivity contribution in [1.82, 2.24) is 14.9 Å². The Labute approximate surface area is 162 Å². The van der Waals surface area contributed by atoms with Gasteiger partial charge in [-0.15, -0.1) is 0 Å². The standard InChI is InChI=1S/C23H20FN3O/c1-16(25-23(28)18-11-13-19(24)14-12-18)22-26-20-9-5-6-10-21(20)27(22)15-17-7-3-2-4-8-17/h2-14,16H,15H2,1H3,(H,25,28)/t16-/m0/s1. The lowest BCUT2D eigenvalue weighted by molar-refractivity contribution is 0.0937. The number of nitrogens with one attached hydrogen (secondary N) is 1. The van der Waals surface area contributed by atoms with Crippen molar-refractivity contribution < 1.29 is 9.18 Å². The number of hydrogen-bond acceptors (Lipinski definition) is 2. The molecule has 4 rings (SSSR count). The van der Waals surface area contributed by atoms with Gasteiger partial charge in [-0.2, -0.15) is 0 Å². The van der Waals surface area contributed by atoms with Crippen molar-refractivity contribution in [2.75, 3.05) is 0 Å². The third-order valence-electron chi connectivity index (χ3n) is 4.71. The van der Waals surface area contributed by atoms with E-state index in [9.17, 15) is 9.18 Å². The fourth-order valence-electron chi connectivity index (χ4n) is 3.30. The first-order valence-electron chi connectivity index (χ1n) is 9.17. The van der Waals surface area contributed by atoms with Crippen LogP contribution in [-0.2, 0) is 6.54 Å². The van der Waals surface area contributed by atoms with Crippen molar-refractivity contribution in [1.29, 1.82) is 0 Å². The second-order valence-electron chi connectivity index (χ2n) is 6.73. The van der Waals surface area contributed by atoms with Gasteiger partial charge in [0.25, 0.3) is 5.91 Å². The van der Waals surface area contributed by atoms with Gasteiger partial charge in [0.05, 0.1) is 17.1 Å². The van der Waals surface area contributed by atoms with Crippen molar-refractivity contribution in [3.8, 4) is 0 Å². The Kier molecular flexibility index (Phi) is 4.89. The van der Waals surface area contributed by atoms with E-state index in [2.05, 4.69) is 22.0 Å². The molecule has 1 amide bonds. The molecule has 1 N–H and O–H groups in total. The van der Waals surface area contributed by atoms with Crippen molar-refractivity contribution in [2.24, 2.45) is 0 Å². The SMILES string of the molecule is C[C@H](NC(=O)c1ccc(F)cc1)c1nc2ccccc2n1Cc1ccccc1. The zero-order valence-corrected chi connectivity index (χ0v) is 15.5. The van der Waals surface area contributed by atoms with Gasteiger partial charge in [-0.05, 0) is 48.9 Å². The summed E-state index contributed by atoms with van der Waals surface area (Å²) in [5.41, 5.74) is 3.48. The summed E-state index contributed by atoms with van der Waals surface area (Å²) in [6, 6.07) is 23.3. The Morgan fingerprint density at radius 2 is 1.68 bits per heavy atom. The highest BCUT2D eigenvalue weighted by molar-refractivity contribution is 5.94. The van der Waals surface area contributed by atoms with Gasteiger partial charge in [0, 0.05) is 12.1 Å². The molecule has 0 aliphatic carbocycles. The number of benzene rings is 3. The minimum atomic E-state index is -0.366. The monoisotopic (exact) mass is 373 g/mol. The Morgan fingerprint density at radius 1 is 1.00 bits per heavy atom. The summed E-state index contributed by atoms with van der Waals surface area (Å²) in [5.74, 6) is 0.153. The molecule has 4 nitrogen and oxygen atoms in total. The first-order valence-corrected chi connectivity index (χ1v) is 9.17. The Morgan fingerprint density at radius 3 is 2.43 bits per heavy atom. The van der Waals surface area contributed by atoms with Crippen LogP contribution < -0.4 is 5.32 Å². The quantitative estimate of drug-likeness (QED) is 0.550. The predicted molar refractivity (Wildman–Crippen MR) is 108 cm³/mol. The molecule has 28 heavy (non-hydrogen) atoms. The molecule has 0 bridgehead atoms. The number of carbonyl (C=O) groups excluding carboxylic acids is 1.